The number of H-pyrrole nitrogens is 1. The third-order valence-electron chi connectivity index (χ3n) is 2.61. The Kier molecular flexibility index (Phi) is 5.22. The highest BCUT2D eigenvalue weighted by atomic mass is 79.9. The summed E-state index contributed by atoms with van der Waals surface area (Å²) in [5.41, 5.74) is 0.337. The first-order chi connectivity index (χ1) is 10.4. The second-order valence-electron chi connectivity index (χ2n) is 4.23. The summed E-state index contributed by atoms with van der Waals surface area (Å²) < 4.78 is 33.3. The predicted molar refractivity (Wildman–Crippen MR) is 82.1 cm³/mol. The molecule has 2 aromatic rings. The molecule has 118 valence electrons. The van der Waals surface area contributed by atoms with E-state index in [1.54, 1.807) is 12.3 Å². The van der Waals surface area contributed by atoms with Crippen molar-refractivity contribution >= 4 is 31.9 Å². The summed E-state index contributed by atoms with van der Waals surface area (Å²) in [7, 11) is -3.72. The molecule has 0 amide bonds. The van der Waals surface area contributed by atoms with Gasteiger partial charge in [-0.25, -0.2) is 18.4 Å². The van der Waals surface area contributed by atoms with E-state index < -0.39 is 16.0 Å². The maximum Gasteiger partial charge on any atom is 0.354 e. The second kappa shape index (κ2) is 6.95. The minimum Gasteiger partial charge on any atom is -0.490 e. The third-order valence-corrected chi connectivity index (χ3v) is 3.99. The maximum absolute atomic E-state index is 11.6. The van der Waals surface area contributed by atoms with Crippen LogP contribution in [0.5, 0.6) is 5.75 Å². The minimum absolute atomic E-state index is 0.00333. The molecule has 9 heteroatoms. The number of esters is 1. The van der Waals surface area contributed by atoms with E-state index in [1.165, 1.54) is 24.3 Å². The summed E-state index contributed by atoms with van der Waals surface area (Å²) in [6, 6.07) is 7.24. The van der Waals surface area contributed by atoms with E-state index in [0.29, 0.717) is 11.4 Å². The van der Waals surface area contributed by atoms with Crippen molar-refractivity contribution in [3.05, 3.63) is 46.7 Å². The number of benzene rings is 1. The predicted octanol–water partition coefficient (Wildman–Crippen LogP) is 1.66. The smallest absolute Gasteiger partial charge is 0.354 e. The van der Waals surface area contributed by atoms with Crippen molar-refractivity contribution < 1.29 is 22.7 Å². The average molecular weight is 389 g/mol. The summed E-state index contributed by atoms with van der Waals surface area (Å²) in [6.45, 7) is 0.203. The van der Waals surface area contributed by atoms with Crippen LogP contribution < -0.4 is 9.88 Å². The molecule has 2 rings (SSSR count). The molecule has 1 aromatic carbocycles. The second-order valence-corrected chi connectivity index (χ2v) is 6.71. The van der Waals surface area contributed by atoms with Crippen LogP contribution in [0.15, 0.2) is 45.9 Å². The number of nitrogens with two attached hydrogens (primary N) is 1. The number of ether oxygens (including phenoxy) is 2. The van der Waals surface area contributed by atoms with Gasteiger partial charge in [-0.05, 0) is 46.3 Å². The zero-order chi connectivity index (χ0) is 16.2. The number of carbonyl (C=O) groups excluding carboxylic acids is 1. The van der Waals surface area contributed by atoms with Crippen molar-refractivity contribution in [2.24, 2.45) is 5.14 Å². The molecule has 0 bridgehead atoms. The number of rotatable bonds is 6. The third kappa shape index (κ3) is 4.58. The average Bonchev–Trinajstić information content (AvgIpc) is 2.89. The van der Waals surface area contributed by atoms with Gasteiger partial charge in [-0.3, -0.25) is 0 Å². The molecule has 1 aromatic heterocycles. The van der Waals surface area contributed by atoms with Crippen LogP contribution >= 0.6 is 15.9 Å². The first kappa shape index (κ1) is 16.5. The molecule has 7 nitrogen and oxygen atoms in total. The van der Waals surface area contributed by atoms with Gasteiger partial charge in [0.05, 0.1) is 4.90 Å². The lowest BCUT2D eigenvalue weighted by molar-refractivity contribution is 0.0444. The molecule has 0 aliphatic rings. The quantitative estimate of drug-likeness (QED) is 0.577. The first-order valence-electron chi connectivity index (χ1n) is 6.13. The molecule has 0 atom stereocenters. The lowest BCUT2D eigenvalue weighted by Crippen LogP contribution is -2.13. The topological polar surface area (TPSA) is 111 Å². The molecule has 1 heterocycles. The molecule has 0 aliphatic heterocycles. The maximum atomic E-state index is 11.6. The largest absolute Gasteiger partial charge is 0.490 e. The molecule has 3 N–H and O–H groups in total. The van der Waals surface area contributed by atoms with Crippen molar-refractivity contribution in [1.29, 1.82) is 0 Å². The number of hydrogen-bond acceptors (Lipinski definition) is 5. The normalized spacial score (nSPS) is 11.2. The number of sulfonamides is 1. The monoisotopic (exact) mass is 388 g/mol. The van der Waals surface area contributed by atoms with Crippen LogP contribution in [0.1, 0.15) is 10.5 Å². The van der Waals surface area contributed by atoms with Crippen molar-refractivity contribution in [3.63, 3.8) is 0 Å². The van der Waals surface area contributed by atoms with Crippen LogP contribution in [0.4, 0.5) is 0 Å². The fourth-order valence-corrected chi connectivity index (χ4v) is 2.44. The molecule has 0 radical (unpaired) electrons. The van der Waals surface area contributed by atoms with Crippen molar-refractivity contribution in [2.75, 3.05) is 13.2 Å². The van der Waals surface area contributed by atoms with Gasteiger partial charge in [-0.2, -0.15) is 0 Å². The molecule has 0 fully saturated rings. The van der Waals surface area contributed by atoms with Gasteiger partial charge in [0.15, 0.2) is 0 Å². The number of aromatic amines is 1. The van der Waals surface area contributed by atoms with E-state index in [2.05, 4.69) is 20.9 Å². The standard InChI is InChI=1S/C13H13BrN2O5S/c14-9-7-12(16-8-9)13(17)21-6-5-20-10-1-3-11(4-2-10)22(15,18)19/h1-4,7-8,16H,5-6H2,(H2,15,18,19). The Morgan fingerprint density at radius 3 is 2.45 bits per heavy atom. The number of nitrogens with one attached hydrogen (secondary N) is 1. The van der Waals surface area contributed by atoms with Crippen LogP contribution in [0, 0.1) is 0 Å². The zero-order valence-electron chi connectivity index (χ0n) is 11.3. The Labute approximate surface area is 135 Å². The number of hydrogen-bond donors (Lipinski definition) is 2. The van der Waals surface area contributed by atoms with Crippen LogP contribution in [0.3, 0.4) is 0 Å². The summed E-state index contributed by atoms with van der Waals surface area (Å²) in [6.07, 6.45) is 1.63. The fourth-order valence-electron chi connectivity index (χ4n) is 1.58. The zero-order valence-corrected chi connectivity index (χ0v) is 13.7. The van der Waals surface area contributed by atoms with E-state index in [-0.39, 0.29) is 18.1 Å². The fraction of sp³-hybridized carbons (Fsp3) is 0.154. The van der Waals surface area contributed by atoms with Crippen molar-refractivity contribution in [3.8, 4) is 5.75 Å². The van der Waals surface area contributed by atoms with Crippen molar-refractivity contribution in [2.45, 2.75) is 4.90 Å². The molecular formula is C13H13BrN2O5S. The molecule has 0 saturated carbocycles. The molecule has 0 spiro atoms. The van der Waals surface area contributed by atoms with E-state index in [4.69, 9.17) is 14.6 Å². The molecule has 0 aliphatic carbocycles. The van der Waals surface area contributed by atoms with Crippen LogP contribution in [-0.2, 0) is 14.8 Å². The molecule has 0 unspecified atom stereocenters. The van der Waals surface area contributed by atoms with Crippen molar-refractivity contribution in [1.82, 2.24) is 4.98 Å². The van der Waals surface area contributed by atoms with Gasteiger partial charge in [-0.15, -0.1) is 0 Å². The summed E-state index contributed by atoms with van der Waals surface area (Å²) in [5.74, 6) is -0.0371. The first-order valence-corrected chi connectivity index (χ1v) is 8.47. The Hall–Kier alpha value is -1.84. The van der Waals surface area contributed by atoms with E-state index >= 15 is 0 Å². The Balaban J connectivity index is 1.78. The summed E-state index contributed by atoms with van der Waals surface area (Å²) in [5, 5.41) is 4.99. The summed E-state index contributed by atoms with van der Waals surface area (Å²) in [4.78, 5) is 14.4. The molecule has 0 saturated heterocycles. The van der Waals surface area contributed by atoms with Gasteiger partial charge >= 0.3 is 5.97 Å². The van der Waals surface area contributed by atoms with Crippen LogP contribution in [0.2, 0.25) is 0 Å². The highest BCUT2D eigenvalue weighted by Gasteiger charge is 2.09. The van der Waals surface area contributed by atoms with Gasteiger partial charge in [0.25, 0.3) is 0 Å². The Morgan fingerprint density at radius 2 is 1.91 bits per heavy atom. The lowest BCUT2D eigenvalue weighted by atomic mass is 10.3. The SMILES string of the molecule is NS(=O)(=O)c1ccc(OCCOC(=O)c2cc(Br)c[nH]2)cc1. The number of halogens is 1. The minimum atomic E-state index is -3.72. The van der Waals surface area contributed by atoms with Crippen LogP contribution in [0.25, 0.3) is 0 Å². The van der Waals surface area contributed by atoms with Gasteiger partial charge in [0.2, 0.25) is 10.0 Å². The number of carbonyl (C=O) groups is 1. The van der Waals surface area contributed by atoms with Gasteiger partial charge in [-0.1, -0.05) is 0 Å². The van der Waals surface area contributed by atoms with E-state index in [1.807, 2.05) is 0 Å². The van der Waals surface area contributed by atoms with Crippen LogP contribution in [-0.4, -0.2) is 32.6 Å². The Morgan fingerprint density at radius 1 is 1.23 bits per heavy atom. The highest BCUT2D eigenvalue weighted by molar-refractivity contribution is 9.10. The van der Waals surface area contributed by atoms with E-state index in [9.17, 15) is 13.2 Å². The molecular weight excluding hydrogens is 376 g/mol. The Bertz CT molecular complexity index is 755. The highest BCUT2D eigenvalue weighted by Crippen LogP contribution is 2.15. The van der Waals surface area contributed by atoms with Gasteiger partial charge < -0.3 is 14.5 Å². The molecule has 22 heavy (non-hydrogen) atoms. The van der Waals surface area contributed by atoms with Gasteiger partial charge in [0.1, 0.15) is 24.7 Å². The van der Waals surface area contributed by atoms with Gasteiger partial charge in [0, 0.05) is 10.7 Å². The number of primary sulfonamides is 1. The summed E-state index contributed by atoms with van der Waals surface area (Å²) >= 11 is 3.22. The van der Waals surface area contributed by atoms with E-state index in [0.717, 1.165) is 4.47 Å². The number of aromatic nitrogens is 1. The lowest BCUT2D eigenvalue weighted by Gasteiger charge is -2.07.